The number of hydrogen-bond acceptors (Lipinski definition) is 3. The maximum Gasteiger partial charge on any atom is 0.215 e. The summed E-state index contributed by atoms with van der Waals surface area (Å²) in [6, 6.07) is 3.80. The van der Waals surface area contributed by atoms with E-state index in [4.69, 9.17) is 16.3 Å². The molecule has 2 aromatic heterocycles. The van der Waals surface area contributed by atoms with E-state index in [1.807, 2.05) is 12.1 Å². The highest BCUT2D eigenvalue weighted by Gasteiger charge is 2.18. The van der Waals surface area contributed by atoms with Crippen LogP contribution in [-0.2, 0) is 12.4 Å². The maximum absolute atomic E-state index is 6.05. The van der Waals surface area contributed by atoms with Crippen LogP contribution in [0.4, 0.5) is 0 Å². The molecule has 3 rings (SSSR count). The third-order valence-electron chi connectivity index (χ3n) is 4.14. The molecule has 0 bridgehead atoms. The SMILES string of the molecule is COc1ccc2nc(CCl)n(CC3CCCCC3)c2n1. The normalized spacial score (nSPS) is 16.7. The number of hydrogen-bond donors (Lipinski definition) is 0. The van der Waals surface area contributed by atoms with Crippen molar-refractivity contribution < 1.29 is 4.74 Å². The minimum absolute atomic E-state index is 0.422. The van der Waals surface area contributed by atoms with E-state index in [0.717, 1.165) is 29.5 Å². The molecule has 0 radical (unpaired) electrons. The minimum Gasteiger partial charge on any atom is -0.481 e. The van der Waals surface area contributed by atoms with Gasteiger partial charge in [0.05, 0.1) is 13.0 Å². The van der Waals surface area contributed by atoms with E-state index >= 15 is 0 Å². The molecule has 2 aromatic rings. The Morgan fingerprint density at radius 3 is 2.75 bits per heavy atom. The fraction of sp³-hybridized carbons (Fsp3) is 0.600. The number of pyridine rings is 1. The Morgan fingerprint density at radius 2 is 2.05 bits per heavy atom. The summed E-state index contributed by atoms with van der Waals surface area (Å²) in [7, 11) is 1.64. The molecule has 0 N–H and O–H groups in total. The van der Waals surface area contributed by atoms with E-state index in [9.17, 15) is 0 Å². The third-order valence-corrected chi connectivity index (χ3v) is 4.38. The van der Waals surface area contributed by atoms with Crippen LogP contribution in [0.25, 0.3) is 11.2 Å². The Bertz CT molecular complexity index is 590. The standard InChI is InChI=1S/C15H20ClN3O/c1-20-14-8-7-12-15(18-14)19(13(9-16)17-12)10-11-5-3-2-4-6-11/h7-8,11H,2-6,9-10H2,1H3. The molecular weight excluding hydrogens is 274 g/mol. The van der Waals surface area contributed by atoms with Crippen molar-refractivity contribution in [1.29, 1.82) is 0 Å². The Kier molecular flexibility index (Phi) is 4.10. The number of rotatable bonds is 4. The average molecular weight is 294 g/mol. The first-order chi connectivity index (χ1) is 9.81. The zero-order valence-corrected chi connectivity index (χ0v) is 12.6. The van der Waals surface area contributed by atoms with Crippen molar-refractivity contribution in [2.75, 3.05) is 7.11 Å². The fourth-order valence-electron chi connectivity index (χ4n) is 3.07. The lowest BCUT2D eigenvalue weighted by atomic mass is 9.89. The number of alkyl halides is 1. The second kappa shape index (κ2) is 6.00. The first kappa shape index (κ1) is 13.7. The Balaban J connectivity index is 1.97. The van der Waals surface area contributed by atoms with Crippen LogP contribution in [0.2, 0.25) is 0 Å². The summed E-state index contributed by atoms with van der Waals surface area (Å²) < 4.78 is 7.41. The van der Waals surface area contributed by atoms with Crippen molar-refractivity contribution >= 4 is 22.8 Å². The van der Waals surface area contributed by atoms with Crippen LogP contribution >= 0.6 is 11.6 Å². The zero-order valence-electron chi connectivity index (χ0n) is 11.8. The molecule has 4 nitrogen and oxygen atoms in total. The summed E-state index contributed by atoms with van der Waals surface area (Å²) in [6.45, 7) is 0.971. The predicted molar refractivity (Wildman–Crippen MR) is 80.2 cm³/mol. The number of ether oxygens (including phenoxy) is 1. The van der Waals surface area contributed by atoms with Crippen molar-refractivity contribution in [3.8, 4) is 5.88 Å². The van der Waals surface area contributed by atoms with Gasteiger partial charge in [0, 0.05) is 12.6 Å². The largest absolute Gasteiger partial charge is 0.481 e. The van der Waals surface area contributed by atoms with Crippen molar-refractivity contribution in [2.24, 2.45) is 5.92 Å². The molecule has 1 aliphatic carbocycles. The van der Waals surface area contributed by atoms with Crippen molar-refractivity contribution in [1.82, 2.24) is 14.5 Å². The van der Waals surface area contributed by atoms with Crippen LogP contribution in [0, 0.1) is 5.92 Å². The summed E-state index contributed by atoms with van der Waals surface area (Å²) in [5.74, 6) is 2.68. The molecule has 0 aromatic carbocycles. The quantitative estimate of drug-likeness (QED) is 0.806. The summed E-state index contributed by atoms with van der Waals surface area (Å²) in [4.78, 5) is 9.13. The number of aromatic nitrogens is 3. The molecule has 0 amide bonds. The van der Waals surface area contributed by atoms with Gasteiger partial charge in [-0.05, 0) is 24.8 Å². The van der Waals surface area contributed by atoms with Crippen LogP contribution < -0.4 is 4.74 Å². The molecule has 5 heteroatoms. The summed E-state index contributed by atoms with van der Waals surface area (Å²) in [5, 5.41) is 0. The maximum atomic E-state index is 6.05. The molecule has 20 heavy (non-hydrogen) atoms. The number of halogens is 1. The fourth-order valence-corrected chi connectivity index (χ4v) is 3.27. The van der Waals surface area contributed by atoms with Gasteiger partial charge in [0.25, 0.3) is 0 Å². The molecule has 0 aliphatic heterocycles. The molecule has 1 saturated carbocycles. The Hall–Kier alpha value is -1.29. The molecule has 0 saturated heterocycles. The summed E-state index contributed by atoms with van der Waals surface area (Å²) in [6.07, 6.45) is 6.64. The van der Waals surface area contributed by atoms with Gasteiger partial charge >= 0.3 is 0 Å². The van der Waals surface area contributed by atoms with Crippen LogP contribution in [0.5, 0.6) is 5.88 Å². The van der Waals surface area contributed by atoms with E-state index < -0.39 is 0 Å². The van der Waals surface area contributed by atoms with E-state index in [0.29, 0.717) is 11.8 Å². The molecule has 0 unspecified atom stereocenters. The van der Waals surface area contributed by atoms with Gasteiger partial charge in [0.15, 0.2) is 5.65 Å². The van der Waals surface area contributed by atoms with Crippen LogP contribution in [0.15, 0.2) is 12.1 Å². The van der Waals surface area contributed by atoms with Gasteiger partial charge in [-0.1, -0.05) is 19.3 Å². The van der Waals surface area contributed by atoms with E-state index in [2.05, 4.69) is 14.5 Å². The molecule has 0 spiro atoms. The number of imidazole rings is 1. The van der Waals surface area contributed by atoms with Crippen LogP contribution in [-0.4, -0.2) is 21.6 Å². The summed E-state index contributed by atoms with van der Waals surface area (Å²) in [5.41, 5.74) is 1.79. The third kappa shape index (κ3) is 2.62. The number of methoxy groups -OCH3 is 1. The van der Waals surface area contributed by atoms with Crippen molar-refractivity contribution in [2.45, 2.75) is 44.5 Å². The number of fused-ring (bicyclic) bond motifs is 1. The van der Waals surface area contributed by atoms with Gasteiger partial charge in [-0.15, -0.1) is 11.6 Å². The molecular formula is C15H20ClN3O. The van der Waals surface area contributed by atoms with Gasteiger partial charge in [0.2, 0.25) is 5.88 Å². The van der Waals surface area contributed by atoms with Crippen LogP contribution in [0.1, 0.15) is 37.9 Å². The van der Waals surface area contributed by atoms with Gasteiger partial charge in [-0.25, -0.2) is 4.98 Å². The molecule has 2 heterocycles. The van der Waals surface area contributed by atoms with Gasteiger partial charge in [0.1, 0.15) is 11.3 Å². The lowest BCUT2D eigenvalue weighted by Crippen LogP contribution is -2.16. The topological polar surface area (TPSA) is 39.9 Å². The van der Waals surface area contributed by atoms with Crippen molar-refractivity contribution in [3.05, 3.63) is 18.0 Å². The van der Waals surface area contributed by atoms with Crippen LogP contribution in [0.3, 0.4) is 0 Å². The Labute approximate surface area is 124 Å². The second-order valence-corrected chi connectivity index (χ2v) is 5.74. The van der Waals surface area contributed by atoms with Gasteiger partial charge < -0.3 is 9.30 Å². The smallest absolute Gasteiger partial charge is 0.215 e. The second-order valence-electron chi connectivity index (χ2n) is 5.47. The number of nitrogens with zero attached hydrogens (tertiary/aromatic N) is 3. The lowest BCUT2D eigenvalue weighted by molar-refractivity contribution is 0.319. The predicted octanol–water partition coefficient (Wildman–Crippen LogP) is 3.76. The first-order valence-corrected chi connectivity index (χ1v) is 7.81. The van der Waals surface area contributed by atoms with Crippen molar-refractivity contribution in [3.63, 3.8) is 0 Å². The molecule has 108 valence electrons. The first-order valence-electron chi connectivity index (χ1n) is 7.28. The van der Waals surface area contributed by atoms with Gasteiger partial charge in [-0.3, -0.25) is 0 Å². The average Bonchev–Trinajstić information content (AvgIpc) is 2.85. The monoisotopic (exact) mass is 293 g/mol. The van der Waals surface area contributed by atoms with E-state index in [1.165, 1.54) is 32.1 Å². The van der Waals surface area contributed by atoms with E-state index in [1.54, 1.807) is 7.11 Å². The minimum atomic E-state index is 0.422. The highest BCUT2D eigenvalue weighted by Crippen LogP contribution is 2.28. The molecule has 1 fully saturated rings. The molecule has 0 atom stereocenters. The highest BCUT2D eigenvalue weighted by atomic mass is 35.5. The van der Waals surface area contributed by atoms with Gasteiger partial charge in [-0.2, -0.15) is 4.98 Å². The highest BCUT2D eigenvalue weighted by molar-refractivity contribution is 6.16. The molecule has 1 aliphatic rings. The lowest BCUT2D eigenvalue weighted by Gasteiger charge is -2.22. The summed E-state index contributed by atoms with van der Waals surface area (Å²) >= 11 is 6.05. The van der Waals surface area contributed by atoms with E-state index in [-0.39, 0.29) is 0 Å². The zero-order chi connectivity index (χ0) is 13.9. The Morgan fingerprint density at radius 1 is 1.25 bits per heavy atom.